The van der Waals surface area contributed by atoms with Crippen LogP contribution in [0.2, 0.25) is 0 Å². The van der Waals surface area contributed by atoms with Gasteiger partial charge in [-0.1, -0.05) is 60.7 Å². The Bertz CT molecular complexity index is 766. The molecule has 3 aromatic rings. The molecule has 0 spiro atoms. The standard InChI is InChI=1S/C19H16O3/c20-19(14-21-13-15-6-2-1-3-7-15)22-18-11-10-16-8-4-5-9-17(16)12-18/h1-12H,13-14H2. The maximum Gasteiger partial charge on any atom is 0.337 e. The van der Waals surface area contributed by atoms with Crippen molar-refractivity contribution in [3.05, 3.63) is 78.4 Å². The Morgan fingerprint density at radius 1 is 0.818 bits per heavy atom. The molecule has 3 nitrogen and oxygen atoms in total. The maximum atomic E-state index is 11.8. The quantitative estimate of drug-likeness (QED) is 0.527. The maximum absolute atomic E-state index is 11.8. The van der Waals surface area contributed by atoms with E-state index >= 15 is 0 Å². The Hall–Kier alpha value is -2.65. The molecular formula is C19H16O3. The molecule has 0 unspecified atom stereocenters. The molecule has 0 aliphatic rings. The fourth-order valence-corrected chi connectivity index (χ4v) is 2.22. The van der Waals surface area contributed by atoms with Gasteiger partial charge in [-0.25, -0.2) is 4.79 Å². The minimum absolute atomic E-state index is 0.0677. The number of carbonyl (C=O) groups excluding carboxylic acids is 1. The Balaban J connectivity index is 1.54. The Kier molecular flexibility index (Phi) is 4.47. The molecular weight excluding hydrogens is 276 g/mol. The van der Waals surface area contributed by atoms with E-state index in [2.05, 4.69) is 0 Å². The highest BCUT2D eigenvalue weighted by Crippen LogP contribution is 2.20. The average molecular weight is 292 g/mol. The number of esters is 1. The predicted molar refractivity (Wildman–Crippen MR) is 85.7 cm³/mol. The molecule has 0 atom stereocenters. The summed E-state index contributed by atoms with van der Waals surface area (Å²) in [5, 5.41) is 2.15. The SMILES string of the molecule is O=C(COCc1ccccc1)Oc1ccc2ccccc2c1. The molecule has 0 bridgehead atoms. The molecule has 0 N–H and O–H groups in total. The first kappa shape index (κ1) is 14.3. The second-order valence-electron chi connectivity index (χ2n) is 4.96. The second kappa shape index (κ2) is 6.87. The first-order valence-electron chi connectivity index (χ1n) is 7.12. The van der Waals surface area contributed by atoms with Crippen molar-refractivity contribution in [1.82, 2.24) is 0 Å². The number of rotatable bonds is 5. The van der Waals surface area contributed by atoms with E-state index in [0.29, 0.717) is 12.4 Å². The normalized spacial score (nSPS) is 10.5. The van der Waals surface area contributed by atoms with E-state index in [0.717, 1.165) is 16.3 Å². The zero-order chi connectivity index (χ0) is 15.2. The first-order valence-corrected chi connectivity index (χ1v) is 7.12. The molecule has 110 valence electrons. The third kappa shape index (κ3) is 3.71. The molecule has 0 saturated heterocycles. The van der Waals surface area contributed by atoms with E-state index < -0.39 is 5.97 Å². The van der Waals surface area contributed by atoms with Crippen molar-refractivity contribution in [1.29, 1.82) is 0 Å². The third-order valence-electron chi connectivity index (χ3n) is 3.28. The fourth-order valence-electron chi connectivity index (χ4n) is 2.22. The minimum atomic E-state index is -0.397. The van der Waals surface area contributed by atoms with E-state index in [4.69, 9.17) is 9.47 Å². The van der Waals surface area contributed by atoms with Crippen LogP contribution in [0.5, 0.6) is 5.75 Å². The number of ether oxygens (including phenoxy) is 2. The third-order valence-corrected chi connectivity index (χ3v) is 3.28. The van der Waals surface area contributed by atoms with E-state index in [-0.39, 0.29) is 6.61 Å². The van der Waals surface area contributed by atoms with Gasteiger partial charge in [-0.2, -0.15) is 0 Å². The Morgan fingerprint density at radius 3 is 2.36 bits per heavy atom. The molecule has 3 heteroatoms. The van der Waals surface area contributed by atoms with Crippen LogP contribution in [-0.4, -0.2) is 12.6 Å². The molecule has 0 amide bonds. The summed E-state index contributed by atoms with van der Waals surface area (Å²) in [7, 11) is 0. The van der Waals surface area contributed by atoms with Gasteiger partial charge in [0.2, 0.25) is 0 Å². The van der Waals surface area contributed by atoms with Gasteiger partial charge in [0.15, 0.2) is 0 Å². The van der Waals surface area contributed by atoms with Gasteiger partial charge < -0.3 is 9.47 Å². The van der Waals surface area contributed by atoms with E-state index in [1.54, 1.807) is 6.07 Å². The zero-order valence-electron chi connectivity index (χ0n) is 12.1. The van der Waals surface area contributed by atoms with Gasteiger partial charge in [0.25, 0.3) is 0 Å². The van der Waals surface area contributed by atoms with Crippen molar-refractivity contribution in [2.75, 3.05) is 6.61 Å². The zero-order valence-corrected chi connectivity index (χ0v) is 12.1. The average Bonchev–Trinajstić information content (AvgIpc) is 2.56. The summed E-state index contributed by atoms with van der Waals surface area (Å²) >= 11 is 0. The van der Waals surface area contributed by atoms with Crippen molar-refractivity contribution < 1.29 is 14.3 Å². The molecule has 0 radical (unpaired) electrons. The van der Waals surface area contributed by atoms with E-state index in [1.807, 2.05) is 66.7 Å². The van der Waals surface area contributed by atoms with Crippen LogP contribution in [0.4, 0.5) is 0 Å². The van der Waals surface area contributed by atoms with Crippen LogP contribution in [-0.2, 0) is 16.1 Å². The Labute approximate surface area is 129 Å². The number of fused-ring (bicyclic) bond motifs is 1. The van der Waals surface area contributed by atoms with Crippen LogP contribution in [0, 0.1) is 0 Å². The van der Waals surface area contributed by atoms with Gasteiger partial charge in [-0.15, -0.1) is 0 Å². The van der Waals surface area contributed by atoms with Crippen LogP contribution in [0.15, 0.2) is 72.8 Å². The van der Waals surface area contributed by atoms with Gasteiger partial charge in [0.05, 0.1) is 6.61 Å². The lowest BCUT2D eigenvalue weighted by Crippen LogP contribution is -2.15. The molecule has 0 heterocycles. The van der Waals surface area contributed by atoms with Crippen LogP contribution in [0.3, 0.4) is 0 Å². The molecule has 3 rings (SSSR count). The molecule has 0 saturated carbocycles. The number of hydrogen-bond donors (Lipinski definition) is 0. The summed E-state index contributed by atoms with van der Waals surface area (Å²) in [6.07, 6.45) is 0. The lowest BCUT2D eigenvalue weighted by atomic mass is 10.1. The molecule has 0 fully saturated rings. The molecule has 0 aliphatic heterocycles. The summed E-state index contributed by atoms with van der Waals surface area (Å²) in [5.41, 5.74) is 1.03. The molecule has 22 heavy (non-hydrogen) atoms. The highest BCUT2D eigenvalue weighted by molar-refractivity contribution is 5.84. The lowest BCUT2D eigenvalue weighted by molar-refractivity contribution is -0.139. The predicted octanol–water partition coefficient (Wildman–Crippen LogP) is 3.96. The van der Waals surface area contributed by atoms with Crippen LogP contribution in [0.1, 0.15) is 5.56 Å². The molecule has 3 aromatic carbocycles. The van der Waals surface area contributed by atoms with Crippen LogP contribution >= 0.6 is 0 Å². The van der Waals surface area contributed by atoms with Crippen molar-refractivity contribution in [2.24, 2.45) is 0 Å². The van der Waals surface area contributed by atoms with E-state index in [9.17, 15) is 4.79 Å². The first-order chi connectivity index (χ1) is 10.8. The summed E-state index contributed by atoms with van der Waals surface area (Å²) in [5.74, 6) is 0.137. The van der Waals surface area contributed by atoms with Crippen molar-refractivity contribution in [3.8, 4) is 5.75 Å². The highest BCUT2D eigenvalue weighted by atomic mass is 16.6. The summed E-state index contributed by atoms with van der Waals surface area (Å²) in [6.45, 7) is 0.329. The smallest absolute Gasteiger partial charge is 0.337 e. The highest BCUT2D eigenvalue weighted by Gasteiger charge is 2.06. The van der Waals surface area contributed by atoms with Crippen LogP contribution in [0.25, 0.3) is 10.8 Å². The van der Waals surface area contributed by atoms with Gasteiger partial charge in [-0.05, 0) is 28.5 Å². The monoisotopic (exact) mass is 292 g/mol. The van der Waals surface area contributed by atoms with Crippen LogP contribution < -0.4 is 4.74 Å². The van der Waals surface area contributed by atoms with Crippen molar-refractivity contribution in [2.45, 2.75) is 6.61 Å². The summed E-state index contributed by atoms with van der Waals surface area (Å²) < 4.78 is 10.7. The largest absolute Gasteiger partial charge is 0.425 e. The van der Waals surface area contributed by atoms with Gasteiger partial charge in [-0.3, -0.25) is 0 Å². The second-order valence-corrected chi connectivity index (χ2v) is 4.96. The topological polar surface area (TPSA) is 35.5 Å². The Morgan fingerprint density at radius 2 is 1.55 bits per heavy atom. The minimum Gasteiger partial charge on any atom is -0.425 e. The van der Waals surface area contributed by atoms with Crippen molar-refractivity contribution in [3.63, 3.8) is 0 Å². The van der Waals surface area contributed by atoms with Gasteiger partial charge in [0, 0.05) is 0 Å². The molecule has 0 aliphatic carbocycles. The number of carbonyl (C=O) groups is 1. The van der Waals surface area contributed by atoms with E-state index in [1.165, 1.54) is 0 Å². The summed E-state index contributed by atoms with van der Waals surface area (Å²) in [4.78, 5) is 11.8. The fraction of sp³-hybridized carbons (Fsp3) is 0.105. The lowest BCUT2D eigenvalue weighted by Gasteiger charge is -2.06. The van der Waals surface area contributed by atoms with Crippen molar-refractivity contribution >= 4 is 16.7 Å². The van der Waals surface area contributed by atoms with Gasteiger partial charge in [0.1, 0.15) is 12.4 Å². The number of benzene rings is 3. The van der Waals surface area contributed by atoms with Gasteiger partial charge >= 0.3 is 5.97 Å². The summed E-state index contributed by atoms with van der Waals surface area (Å²) in [6, 6.07) is 23.2. The number of hydrogen-bond acceptors (Lipinski definition) is 3. The molecule has 0 aromatic heterocycles.